The van der Waals surface area contributed by atoms with E-state index in [9.17, 15) is 14.0 Å². The molecule has 2 unspecified atom stereocenters. The van der Waals surface area contributed by atoms with Crippen LogP contribution in [0.5, 0.6) is 0 Å². The highest BCUT2D eigenvalue weighted by atomic mass is 19.1. The molecule has 0 aromatic carbocycles. The monoisotopic (exact) mass is 235 g/mol. The van der Waals surface area contributed by atoms with E-state index in [1.165, 1.54) is 6.92 Å². The standard InChI is InChI=1S/C10H18FNO4/c1-6(7(11)8(13)14)5-12-9(15)16-10(2,3)4/h6-7H,5H2,1-4H3,(H,12,15)(H,13,14). The molecule has 0 aliphatic heterocycles. The van der Waals surface area contributed by atoms with Crippen LogP contribution in [0.15, 0.2) is 0 Å². The predicted octanol–water partition coefficient (Wildman–Crippen LogP) is 1.57. The fourth-order valence-electron chi connectivity index (χ4n) is 0.905. The van der Waals surface area contributed by atoms with Gasteiger partial charge in [0.05, 0.1) is 0 Å². The highest BCUT2D eigenvalue weighted by molar-refractivity contribution is 5.72. The number of carboxylic acids is 1. The fourth-order valence-corrected chi connectivity index (χ4v) is 0.905. The zero-order valence-corrected chi connectivity index (χ0v) is 9.91. The van der Waals surface area contributed by atoms with Gasteiger partial charge in [0.25, 0.3) is 0 Å². The number of carboxylic acid groups (broad SMARTS) is 1. The van der Waals surface area contributed by atoms with Crippen molar-refractivity contribution in [2.75, 3.05) is 6.54 Å². The molecule has 0 aliphatic rings. The summed E-state index contributed by atoms with van der Waals surface area (Å²) in [6, 6.07) is 0. The first kappa shape index (κ1) is 14.7. The Kier molecular flexibility index (Phi) is 5.20. The van der Waals surface area contributed by atoms with E-state index in [0.717, 1.165) is 0 Å². The number of rotatable bonds is 4. The van der Waals surface area contributed by atoms with Crippen LogP contribution in [0.25, 0.3) is 0 Å². The van der Waals surface area contributed by atoms with Gasteiger partial charge in [-0.3, -0.25) is 0 Å². The van der Waals surface area contributed by atoms with Gasteiger partial charge in [0.15, 0.2) is 0 Å². The Morgan fingerprint density at radius 1 is 1.44 bits per heavy atom. The third-order valence-corrected chi connectivity index (χ3v) is 1.70. The van der Waals surface area contributed by atoms with Gasteiger partial charge in [-0.15, -0.1) is 0 Å². The summed E-state index contributed by atoms with van der Waals surface area (Å²) in [5.74, 6) is -2.33. The zero-order valence-electron chi connectivity index (χ0n) is 9.91. The zero-order chi connectivity index (χ0) is 12.9. The van der Waals surface area contributed by atoms with E-state index in [2.05, 4.69) is 5.32 Å². The second-order valence-electron chi connectivity index (χ2n) is 4.60. The van der Waals surface area contributed by atoms with Gasteiger partial charge >= 0.3 is 12.1 Å². The van der Waals surface area contributed by atoms with Gasteiger partial charge in [0.1, 0.15) is 5.60 Å². The number of amides is 1. The lowest BCUT2D eigenvalue weighted by Crippen LogP contribution is -2.38. The minimum Gasteiger partial charge on any atom is -0.479 e. The molecule has 0 aromatic heterocycles. The molecular weight excluding hydrogens is 217 g/mol. The first-order chi connectivity index (χ1) is 7.13. The number of nitrogens with one attached hydrogen (secondary N) is 1. The summed E-state index contributed by atoms with van der Waals surface area (Å²) in [5.41, 5.74) is -0.630. The first-order valence-corrected chi connectivity index (χ1v) is 4.97. The maximum atomic E-state index is 12.9. The summed E-state index contributed by atoms with van der Waals surface area (Å²) < 4.78 is 17.8. The van der Waals surface area contributed by atoms with Crippen molar-refractivity contribution in [2.45, 2.75) is 39.5 Å². The molecule has 94 valence electrons. The van der Waals surface area contributed by atoms with E-state index in [-0.39, 0.29) is 6.54 Å². The van der Waals surface area contributed by atoms with Gasteiger partial charge in [-0.2, -0.15) is 0 Å². The summed E-state index contributed by atoms with van der Waals surface area (Å²) >= 11 is 0. The molecule has 0 saturated heterocycles. The number of alkyl halides is 1. The highest BCUT2D eigenvalue weighted by Gasteiger charge is 2.25. The molecule has 16 heavy (non-hydrogen) atoms. The Hall–Kier alpha value is -1.33. The van der Waals surface area contributed by atoms with E-state index in [4.69, 9.17) is 9.84 Å². The quantitative estimate of drug-likeness (QED) is 0.775. The lowest BCUT2D eigenvalue weighted by molar-refractivity contribution is -0.144. The van der Waals surface area contributed by atoms with E-state index in [1.807, 2.05) is 0 Å². The third-order valence-electron chi connectivity index (χ3n) is 1.70. The smallest absolute Gasteiger partial charge is 0.407 e. The molecule has 2 N–H and O–H groups in total. The number of ether oxygens (including phenoxy) is 1. The SMILES string of the molecule is CC(CNC(=O)OC(C)(C)C)C(F)C(=O)O. The number of carbonyl (C=O) groups is 2. The Morgan fingerprint density at radius 3 is 2.31 bits per heavy atom. The Balaban J connectivity index is 3.97. The molecule has 0 spiro atoms. The van der Waals surface area contributed by atoms with Crippen molar-refractivity contribution < 1.29 is 23.8 Å². The molecule has 2 atom stereocenters. The van der Waals surface area contributed by atoms with Crippen LogP contribution in [0.1, 0.15) is 27.7 Å². The molecular formula is C10H18FNO4. The van der Waals surface area contributed by atoms with Crippen LogP contribution >= 0.6 is 0 Å². The van der Waals surface area contributed by atoms with Gasteiger partial charge in [-0.25, -0.2) is 14.0 Å². The van der Waals surface area contributed by atoms with E-state index in [0.29, 0.717) is 0 Å². The van der Waals surface area contributed by atoms with E-state index in [1.54, 1.807) is 20.8 Å². The van der Waals surface area contributed by atoms with Crippen molar-refractivity contribution >= 4 is 12.1 Å². The van der Waals surface area contributed by atoms with Crippen LogP contribution < -0.4 is 5.32 Å². The van der Waals surface area contributed by atoms with Crippen LogP contribution in [-0.2, 0) is 9.53 Å². The van der Waals surface area contributed by atoms with Gasteiger partial charge < -0.3 is 15.2 Å². The predicted molar refractivity (Wildman–Crippen MR) is 55.9 cm³/mol. The van der Waals surface area contributed by atoms with Crippen LogP contribution in [0, 0.1) is 5.92 Å². The fraction of sp³-hybridized carbons (Fsp3) is 0.800. The van der Waals surface area contributed by atoms with E-state index < -0.39 is 29.8 Å². The average Bonchev–Trinajstić information content (AvgIpc) is 2.09. The molecule has 0 aromatic rings. The van der Waals surface area contributed by atoms with Crippen molar-refractivity contribution in [2.24, 2.45) is 5.92 Å². The van der Waals surface area contributed by atoms with E-state index >= 15 is 0 Å². The normalized spacial score (nSPS) is 15.1. The van der Waals surface area contributed by atoms with Gasteiger partial charge in [-0.05, 0) is 20.8 Å². The summed E-state index contributed by atoms with van der Waals surface area (Å²) in [6.07, 6.45) is -2.67. The summed E-state index contributed by atoms with van der Waals surface area (Å²) in [6.45, 7) is 6.42. The van der Waals surface area contributed by atoms with Crippen LogP contribution in [0.3, 0.4) is 0 Å². The molecule has 0 fully saturated rings. The number of hydrogen-bond acceptors (Lipinski definition) is 3. The molecule has 0 radical (unpaired) electrons. The van der Waals surface area contributed by atoms with Crippen molar-refractivity contribution in [3.63, 3.8) is 0 Å². The number of aliphatic carboxylic acids is 1. The van der Waals surface area contributed by atoms with Crippen LogP contribution in [-0.4, -0.2) is 35.5 Å². The second-order valence-corrected chi connectivity index (χ2v) is 4.60. The number of alkyl carbamates (subject to hydrolysis) is 1. The number of halogens is 1. The number of hydrogen-bond donors (Lipinski definition) is 2. The molecule has 0 bridgehead atoms. The number of carbonyl (C=O) groups excluding carboxylic acids is 1. The lowest BCUT2D eigenvalue weighted by Gasteiger charge is -2.21. The highest BCUT2D eigenvalue weighted by Crippen LogP contribution is 2.08. The van der Waals surface area contributed by atoms with Crippen molar-refractivity contribution in [1.29, 1.82) is 0 Å². The minimum atomic E-state index is -1.99. The van der Waals surface area contributed by atoms with Gasteiger partial charge in [0.2, 0.25) is 6.17 Å². The Morgan fingerprint density at radius 2 is 1.94 bits per heavy atom. The molecule has 0 rings (SSSR count). The molecule has 1 amide bonds. The van der Waals surface area contributed by atoms with Gasteiger partial charge in [-0.1, -0.05) is 6.92 Å². The molecule has 5 nitrogen and oxygen atoms in total. The largest absolute Gasteiger partial charge is 0.479 e. The molecule has 6 heteroatoms. The summed E-state index contributed by atoms with van der Waals surface area (Å²) in [4.78, 5) is 21.4. The maximum Gasteiger partial charge on any atom is 0.407 e. The summed E-state index contributed by atoms with van der Waals surface area (Å²) in [5, 5.41) is 10.7. The average molecular weight is 235 g/mol. The Bertz CT molecular complexity index is 262. The van der Waals surface area contributed by atoms with Crippen molar-refractivity contribution in [3.05, 3.63) is 0 Å². The lowest BCUT2D eigenvalue weighted by atomic mass is 10.1. The molecule has 0 saturated carbocycles. The second kappa shape index (κ2) is 5.67. The van der Waals surface area contributed by atoms with Gasteiger partial charge in [0, 0.05) is 12.5 Å². The Labute approximate surface area is 94.0 Å². The topological polar surface area (TPSA) is 75.6 Å². The van der Waals surface area contributed by atoms with Crippen molar-refractivity contribution in [3.8, 4) is 0 Å². The minimum absolute atomic E-state index is 0.0810. The molecule has 0 aliphatic carbocycles. The third kappa shape index (κ3) is 6.21. The van der Waals surface area contributed by atoms with Crippen LogP contribution in [0.2, 0.25) is 0 Å². The first-order valence-electron chi connectivity index (χ1n) is 4.97. The molecule has 0 heterocycles. The van der Waals surface area contributed by atoms with Crippen LogP contribution in [0.4, 0.5) is 9.18 Å². The van der Waals surface area contributed by atoms with Crippen molar-refractivity contribution in [1.82, 2.24) is 5.32 Å². The summed E-state index contributed by atoms with van der Waals surface area (Å²) in [7, 11) is 0. The maximum absolute atomic E-state index is 12.9.